The van der Waals surface area contributed by atoms with E-state index in [0.717, 1.165) is 0 Å². The van der Waals surface area contributed by atoms with E-state index >= 15 is 0 Å². The smallest absolute Gasteiger partial charge is 0.236 e. The van der Waals surface area contributed by atoms with Gasteiger partial charge in [-0.05, 0) is 6.07 Å². The van der Waals surface area contributed by atoms with Gasteiger partial charge in [0.1, 0.15) is 6.61 Å². The van der Waals surface area contributed by atoms with Gasteiger partial charge in [-0.3, -0.25) is 0 Å². The van der Waals surface area contributed by atoms with Gasteiger partial charge in [-0.1, -0.05) is 11.8 Å². The third kappa shape index (κ3) is 1.94. The van der Waals surface area contributed by atoms with Crippen LogP contribution in [0.25, 0.3) is 0 Å². The lowest BCUT2D eigenvalue weighted by Crippen LogP contribution is -1.94. The van der Waals surface area contributed by atoms with Crippen molar-refractivity contribution < 1.29 is 9.50 Å². The predicted octanol–water partition coefficient (Wildman–Crippen LogP) is 0.147. The summed E-state index contributed by atoms with van der Waals surface area (Å²) in [6, 6.07) is 1.37. The number of rotatable bonds is 0. The van der Waals surface area contributed by atoms with Crippen molar-refractivity contribution in [2.45, 2.75) is 0 Å². The number of hydrogen-bond donors (Lipinski definition) is 2. The van der Waals surface area contributed by atoms with Gasteiger partial charge in [0, 0.05) is 11.8 Å². The largest absolute Gasteiger partial charge is 0.395 e. The Bertz CT molecular complexity index is 341. The first kappa shape index (κ1) is 8.50. The second-order valence-electron chi connectivity index (χ2n) is 2.06. The summed E-state index contributed by atoms with van der Waals surface area (Å²) in [5, 5.41) is 8.35. The normalized spacial score (nSPS) is 8.83. The maximum atomic E-state index is 12.5. The van der Waals surface area contributed by atoms with Gasteiger partial charge in [-0.15, -0.1) is 0 Å². The molecule has 0 aliphatic carbocycles. The van der Waals surface area contributed by atoms with E-state index in [2.05, 4.69) is 16.8 Å². The standard InChI is InChI=1S/C8H7FN2O/c9-8-7(10)4-6(5-11-8)2-1-3-12/h4-5,12H,3,10H2. The lowest BCUT2D eigenvalue weighted by atomic mass is 10.2. The number of hydrogen-bond acceptors (Lipinski definition) is 3. The van der Waals surface area contributed by atoms with Gasteiger partial charge in [0.25, 0.3) is 0 Å². The Balaban J connectivity index is 2.97. The summed E-state index contributed by atoms with van der Waals surface area (Å²) in [4.78, 5) is 3.36. The quantitative estimate of drug-likeness (QED) is 0.426. The molecule has 12 heavy (non-hydrogen) atoms. The number of nitrogens with two attached hydrogens (primary N) is 1. The van der Waals surface area contributed by atoms with Gasteiger partial charge in [-0.25, -0.2) is 4.98 Å². The van der Waals surface area contributed by atoms with Crippen molar-refractivity contribution in [1.29, 1.82) is 0 Å². The van der Waals surface area contributed by atoms with Gasteiger partial charge in [0.2, 0.25) is 5.95 Å². The van der Waals surface area contributed by atoms with E-state index in [1.165, 1.54) is 12.3 Å². The van der Waals surface area contributed by atoms with Gasteiger partial charge < -0.3 is 10.8 Å². The van der Waals surface area contributed by atoms with Crippen molar-refractivity contribution in [2.75, 3.05) is 12.3 Å². The number of pyridine rings is 1. The summed E-state index contributed by atoms with van der Waals surface area (Å²) in [7, 11) is 0. The Kier molecular flexibility index (Phi) is 2.62. The first-order chi connectivity index (χ1) is 5.74. The van der Waals surface area contributed by atoms with E-state index in [1.807, 2.05) is 0 Å². The third-order valence-electron chi connectivity index (χ3n) is 1.18. The molecule has 0 saturated carbocycles. The third-order valence-corrected chi connectivity index (χ3v) is 1.18. The summed E-state index contributed by atoms with van der Waals surface area (Å²) in [6.07, 6.45) is 1.26. The topological polar surface area (TPSA) is 59.1 Å². The SMILES string of the molecule is Nc1cc(C#CCO)cnc1F. The Labute approximate surface area is 69.0 Å². The Morgan fingerprint density at radius 3 is 3.00 bits per heavy atom. The molecule has 1 aromatic heterocycles. The molecule has 1 heterocycles. The fourth-order valence-corrected chi connectivity index (χ4v) is 0.675. The fourth-order valence-electron chi connectivity index (χ4n) is 0.675. The van der Waals surface area contributed by atoms with E-state index in [1.54, 1.807) is 0 Å². The van der Waals surface area contributed by atoms with E-state index in [0.29, 0.717) is 5.56 Å². The average Bonchev–Trinajstić information content (AvgIpc) is 2.07. The van der Waals surface area contributed by atoms with Gasteiger partial charge in [-0.2, -0.15) is 4.39 Å². The number of halogens is 1. The number of aromatic nitrogens is 1. The molecule has 0 bridgehead atoms. The predicted molar refractivity (Wildman–Crippen MR) is 42.6 cm³/mol. The summed E-state index contributed by atoms with van der Waals surface area (Å²) in [5.41, 5.74) is 5.67. The van der Waals surface area contributed by atoms with Crippen LogP contribution in [0.15, 0.2) is 12.3 Å². The molecule has 3 N–H and O–H groups in total. The number of aliphatic hydroxyl groups excluding tert-OH is 1. The van der Waals surface area contributed by atoms with Crippen molar-refractivity contribution in [2.24, 2.45) is 0 Å². The van der Waals surface area contributed by atoms with Crippen LogP contribution in [0.2, 0.25) is 0 Å². The summed E-state index contributed by atoms with van der Waals surface area (Å²) < 4.78 is 12.5. The van der Waals surface area contributed by atoms with Crippen LogP contribution < -0.4 is 5.73 Å². The minimum Gasteiger partial charge on any atom is -0.395 e. The molecule has 4 heteroatoms. The van der Waals surface area contributed by atoms with Crippen LogP contribution in [0.1, 0.15) is 5.56 Å². The molecule has 0 aromatic carbocycles. The summed E-state index contributed by atoms with van der Waals surface area (Å²) in [5.74, 6) is 4.25. The minimum atomic E-state index is -0.704. The van der Waals surface area contributed by atoms with Crippen molar-refractivity contribution in [3.63, 3.8) is 0 Å². The molecule has 0 saturated heterocycles. The number of nitrogens with zero attached hydrogens (tertiary/aromatic N) is 1. The van der Waals surface area contributed by atoms with Crippen LogP contribution in [0, 0.1) is 17.8 Å². The van der Waals surface area contributed by atoms with E-state index in [-0.39, 0.29) is 12.3 Å². The van der Waals surface area contributed by atoms with Gasteiger partial charge >= 0.3 is 0 Å². The number of nitrogen functional groups attached to an aromatic ring is 1. The van der Waals surface area contributed by atoms with Crippen LogP contribution in [-0.2, 0) is 0 Å². The van der Waals surface area contributed by atoms with Crippen molar-refractivity contribution in [3.05, 3.63) is 23.8 Å². The molecule has 1 rings (SSSR count). The molecule has 0 amide bonds. The second kappa shape index (κ2) is 3.69. The Morgan fingerprint density at radius 1 is 1.67 bits per heavy atom. The van der Waals surface area contributed by atoms with Crippen LogP contribution in [0.5, 0.6) is 0 Å². The molecule has 0 fully saturated rings. The highest BCUT2D eigenvalue weighted by molar-refractivity contribution is 5.44. The first-order valence-electron chi connectivity index (χ1n) is 3.25. The molecule has 3 nitrogen and oxygen atoms in total. The molecule has 0 radical (unpaired) electrons. The van der Waals surface area contributed by atoms with E-state index < -0.39 is 5.95 Å². The average molecular weight is 166 g/mol. The van der Waals surface area contributed by atoms with Crippen LogP contribution in [0.3, 0.4) is 0 Å². The van der Waals surface area contributed by atoms with Crippen LogP contribution in [0.4, 0.5) is 10.1 Å². The molecular weight excluding hydrogens is 159 g/mol. The maximum Gasteiger partial charge on any atom is 0.236 e. The monoisotopic (exact) mass is 166 g/mol. The fraction of sp³-hybridized carbons (Fsp3) is 0.125. The van der Waals surface area contributed by atoms with Crippen molar-refractivity contribution in [1.82, 2.24) is 4.98 Å². The highest BCUT2D eigenvalue weighted by Crippen LogP contribution is 2.07. The first-order valence-corrected chi connectivity index (χ1v) is 3.25. The zero-order valence-electron chi connectivity index (χ0n) is 6.21. The van der Waals surface area contributed by atoms with E-state index in [9.17, 15) is 4.39 Å². The molecule has 0 unspecified atom stereocenters. The lowest BCUT2D eigenvalue weighted by Gasteiger charge is -1.94. The second-order valence-corrected chi connectivity index (χ2v) is 2.06. The van der Waals surface area contributed by atoms with Crippen LogP contribution >= 0.6 is 0 Å². The number of anilines is 1. The highest BCUT2D eigenvalue weighted by atomic mass is 19.1. The molecule has 0 aliphatic heterocycles. The lowest BCUT2D eigenvalue weighted by molar-refractivity contribution is 0.350. The zero-order valence-corrected chi connectivity index (χ0v) is 6.21. The number of aliphatic hydroxyl groups is 1. The molecule has 0 aliphatic rings. The Hall–Kier alpha value is -1.60. The van der Waals surface area contributed by atoms with Crippen molar-refractivity contribution in [3.8, 4) is 11.8 Å². The zero-order chi connectivity index (χ0) is 8.97. The molecule has 1 aromatic rings. The Morgan fingerprint density at radius 2 is 2.42 bits per heavy atom. The van der Waals surface area contributed by atoms with Gasteiger partial charge in [0.15, 0.2) is 0 Å². The highest BCUT2D eigenvalue weighted by Gasteiger charge is 1.97. The minimum absolute atomic E-state index is 0.0419. The van der Waals surface area contributed by atoms with Gasteiger partial charge in [0.05, 0.1) is 5.69 Å². The molecule has 0 atom stereocenters. The maximum absolute atomic E-state index is 12.5. The van der Waals surface area contributed by atoms with Crippen LogP contribution in [-0.4, -0.2) is 16.7 Å². The molecule has 62 valence electrons. The van der Waals surface area contributed by atoms with Crippen molar-refractivity contribution >= 4 is 5.69 Å². The van der Waals surface area contributed by atoms with E-state index in [4.69, 9.17) is 10.8 Å². The molecule has 0 spiro atoms. The summed E-state index contributed by atoms with van der Waals surface area (Å²) >= 11 is 0. The molecular formula is C8H7FN2O. The summed E-state index contributed by atoms with van der Waals surface area (Å²) in [6.45, 7) is -0.239.